The number of likely N-dealkylation sites (tertiary alicyclic amines) is 1. The van der Waals surface area contributed by atoms with Gasteiger partial charge in [0.25, 0.3) is 0 Å². The molecule has 1 fully saturated rings. The van der Waals surface area contributed by atoms with E-state index in [1.165, 1.54) is 5.56 Å². The van der Waals surface area contributed by atoms with Crippen molar-refractivity contribution in [2.24, 2.45) is 5.73 Å². The molecule has 2 N–H and O–H groups in total. The molecule has 1 heterocycles. The molecule has 0 saturated carbocycles. The smallest absolute Gasteiger partial charge is 0.0506 e. The molecule has 0 spiro atoms. The van der Waals surface area contributed by atoms with Gasteiger partial charge in [-0.05, 0) is 44.3 Å². The number of piperidine rings is 1. The van der Waals surface area contributed by atoms with Crippen molar-refractivity contribution in [3.8, 4) is 0 Å². The minimum atomic E-state index is 0.429. The van der Waals surface area contributed by atoms with Gasteiger partial charge < -0.3 is 15.4 Å². The fraction of sp³-hybridized carbons (Fsp3) is 0.625. The second kappa shape index (κ2) is 8.31. The number of rotatable bonds is 7. The average Bonchev–Trinajstić information content (AvgIpc) is 2.46. The number of ether oxygens (including phenoxy) is 1. The third kappa shape index (κ3) is 5.72. The van der Waals surface area contributed by atoms with E-state index in [4.69, 9.17) is 10.5 Å². The normalized spacial score (nSPS) is 17.7. The van der Waals surface area contributed by atoms with Crippen LogP contribution in [-0.2, 0) is 11.2 Å². The molecule has 0 atom stereocenters. The standard InChI is InChI=1S/C16H26N2O/c17-16-7-11-18(12-8-16)10-4-13-19-14-9-15-5-2-1-3-6-15/h1-3,5-6,16H,4,7-14,17H2. The fourth-order valence-electron chi connectivity index (χ4n) is 2.50. The fourth-order valence-corrected chi connectivity index (χ4v) is 2.50. The lowest BCUT2D eigenvalue weighted by Crippen LogP contribution is -2.40. The van der Waals surface area contributed by atoms with Gasteiger partial charge in [-0.25, -0.2) is 0 Å². The summed E-state index contributed by atoms with van der Waals surface area (Å²) in [6.07, 6.45) is 4.44. The number of nitrogens with two attached hydrogens (primary N) is 1. The molecule has 19 heavy (non-hydrogen) atoms. The summed E-state index contributed by atoms with van der Waals surface area (Å²) in [6.45, 7) is 5.17. The highest BCUT2D eigenvalue weighted by Crippen LogP contribution is 2.08. The Hall–Kier alpha value is -0.900. The van der Waals surface area contributed by atoms with Crippen molar-refractivity contribution in [1.29, 1.82) is 0 Å². The van der Waals surface area contributed by atoms with E-state index in [1.807, 2.05) is 0 Å². The summed E-state index contributed by atoms with van der Waals surface area (Å²) in [5.41, 5.74) is 7.25. The molecule has 0 aliphatic carbocycles. The Kier molecular flexibility index (Phi) is 6.34. The molecule has 1 aliphatic heterocycles. The van der Waals surface area contributed by atoms with Crippen molar-refractivity contribution in [2.45, 2.75) is 31.7 Å². The Balaban J connectivity index is 1.46. The molecule has 2 rings (SSSR count). The number of nitrogens with zero attached hydrogens (tertiary/aromatic N) is 1. The molecular weight excluding hydrogens is 236 g/mol. The van der Waals surface area contributed by atoms with Crippen LogP contribution in [0.15, 0.2) is 30.3 Å². The minimum Gasteiger partial charge on any atom is -0.381 e. The second-order valence-electron chi connectivity index (χ2n) is 5.38. The van der Waals surface area contributed by atoms with Crippen molar-refractivity contribution in [1.82, 2.24) is 4.90 Å². The molecule has 0 amide bonds. The predicted octanol–water partition coefficient (Wildman–Crippen LogP) is 2.06. The van der Waals surface area contributed by atoms with Crippen LogP contribution in [0.2, 0.25) is 0 Å². The predicted molar refractivity (Wildman–Crippen MR) is 79.2 cm³/mol. The summed E-state index contributed by atoms with van der Waals surface area (Å²) in [5.74, 6) is 0. The van der Waals surface area contributed by atoms with Gasteiger partial charge in [-0.3, -0.25) is 0 Å². The molecule has 1 aromatic carbocycles. The highest BCUT2D eigenvalue weighted by Gasteiger charge is 2.14. The molecule has 0 unspecified atom stereocenters. The highest BCUT2D eigenvalue weighted by molar-refractivity contribution is 5.14. The first kappa shape index (κ1) is 14.5. The Morgan fingerprint density at radius 3 is 2.58 bits per heavy atom. The number of hydrogen-bond acceptors (Lipinski definition) is 3. The average molecular weight is 262 g/mol. The minimum absolute atomic E-state index is 0.429. The van der Waals surface area contributed by atoms with Crippen molar-refractivity contribution in [3.05, 3.63) is 35.9 Å². The van der Waals surface area contributed by atoms with Crippen LogP contribution in [0.4, 0.5) is 0 Å². The van der Waals surface area contributed by atoms with Crippen LogP contribution in [0.3, 0.4) is 0 Å². The maximum atomic E-state index is 5.90. The maximum absolute atomic E-state index is 5.90. The first-order chi connectivity index (χ1) is 9.34. The van der Waals surface area contributed by atoms with E-state index in [9.17, 15) is 0 Å². The Morgan fingerprint density at radius 1 is 1.11 bits per heavy atom. The van der Waals surface area contributed by atoms with Crippen molar-refractivity contribution in [3.63, 3.8) is 0 Å². The molecule has 1 aromatic rings. The molecule has 106 valence electrons. The van der Waals surface area contributed by atoms with E-state index < -0.39 is 0 Å². The SMILES string of the molecule is NC1CCN(CCCOCCc2ccccc2)CC1. The van der Waals surface area contributed by atoms with Gasteiger partial charge in [0.05, 0.1) is 6.61 Å². The molecule has 3 nitrogen and oxygen atoms in total. The topological polar surface area (TPSA) is 38.5 Å². The van der Waals surface area contributed by atoms with Gasteiger partial charge in [0.2, 0.25) is 0 Å². The number of hydrogen-bond donors (Lipinski definition) is 1. The van der Waals surface area contributed by atoms with E-state index in [-0.39, 0.29) is 0 Å². The molecule has 1 aliphatic rings. The summed E-state index contributed by atoms with van der Waals surface area (Å²) >= 11 is 0. The van der Waals surface area contributed by atoms with E-state index in [2.05, 4.69) is 35.2 Å². The summed E-state index contributed by atoms with van der Waals surface area (Å²) in [5, 5.41) is 0. The third-order valence-electron chi connectivity index (χ3n) is 3.77. The summed E-state index contributed by atoms with van der Waals surface area (Å²) in [4.78, 5) is 2.50. The molecule has 0 bridgehead atoms. The Morgan fingerprint density at radius 2 is 1.84 bits per heavy atom. The van der Waals surface area contributed by atoms with Gasteiger partial charge >= 0.3 is 0 Å². The summed E-state index contributed by atoms with van der Waals surface area (Å²) < 4.78 is 5.70. The van der Waals surface area contributed by atoms with Gasteiger partial charge in [-0.1, -0.05) is 30.3 Å². The van der Waals surface area contributed by atoms with Gasteiger partial charge in [0.1, 0.15) is 0 Å². The number of benzene rings is 1. The summed E-state index contributed by atoms with van der Waals surface area (Å²) in [7, 11) is 0. The van der Waals surface area contributed by atoms with Crippen molar-refractivity contribution >= 4 is 0 Å². The van der Waals surface area contributed by atoms with Crippen molar-refractivity contribution < 1.29 is 4.74 Å². The molecule has 0 aromatic heterocycles. The van der Waals surface area contributed by atoms with Crippen LogP contribution >= 0.6 is 0 Å². The zero-order valence-corrected chi connectivity index (χ0v) is 11.8. The van der Waals surface area contributed by atoms with E-state index in [0.29, 0.717) is 6.04 Å². The lowest BCUT2D eigenvalue weighted by molar-refractivity contribution is 0.118. The maximum Gasteiger partial charge on any atom is 0.0506 e. The third-order valence-corrected chi connectivity index (χ3v) is 3.77. The molecular formula is C16H26N2O. The van der Waals surface area contributed by atoms with E-state index in [0.717, 1.165) is 58.5 Å². The first-order valence-corrected chi connectivity index (χ1v) is 7.44. The van der Waals surface area contributed by atoms with Crippen LogP contribution in [0.5, 0.6) is 0 Å². The van der Waals surface area contributed by atoms with E-state index >= 15 is 0 Å². The van der Waals surface area contributed by atoms with E-state index in [1.54, 1.807) is 0 Å². The molecule has 3 heteroatoms. The first-order valence-electron chi connectivity index (χ1n) is 7.44. The lowest BCUT2D eigenvalue weighted by atomic mass is 10.1. The highest BCUT2D eigenvalue weighted by atomic mass is 16.5. The Labute approximate surface area is 116 Å². The second-order valence-corrected chi connectivity index (χ2v) is 5.38. The van der Waals surface area contributed by atoms with Gasteiger partial charge in [-0.15, -0.1) is 0 Å². The quantitative estimate of drug-likeness (QED) is 0.764. The largest absolute Gasteiger partial charge is 0.381 e. The van der Waals surface area contributed by atoms with Crippen LogP contribution in [0.25, 0.3) is 0 Å². The Bertz CT molecular complexity index is 334. The van der Waals surface area contributed by atoms with Crippen LogP contribution in [-0.4, -0.2) is 43.8 Å². The van der Waals surface area contributed by atoms with Gasteiger partial charge in [0.15, 0.2) is 0 Å². The lowest BCUT2D eigenvalue weighted by Gasteiger charge is -2.29. The summed E-state index contributed by atoms with van der Waals surface area (Å²) in [6, 6.07) is 10.9. The molecule has 0 radical (unpaired) electrons. The van der Waals surface area contributed by atoms with Gasteiger partial charge in [0, 0.05) is 19.2 Å². The van der Waals surface area contributed by atoms with Crippen LogP contribution in [0, 0.1) is 0 Å². The molecule has 1 saturated heterocycles. The monoisotopic (exact) mass is 262 g/mol. The zero-order valence-electron chi connectivity index (χ0n) is 11.8. The van der Waals surface area contributed by atoms with Crippen molar-refractivity contribution in [2.75, 3.05) is 32.8 Å². The van der Waals surface area contributed by atoms with Gasteiger partial charge in [-0.2, -0.15) is 0 Å². The van der Waals surface area contributed by atoms with Crippen LogP contribution in [0.1, 0.15) is 24.8 Å². The van der Waals surface area contributed by atoms with Crippen LogP contribution < -0.4 is 5.73 Å². The zero-order chi connectivity index (χ0) is 13.3.